The molecule has 2 aromatic carbocycles. The largest absolute Gasteiger partial charge is 0.348 e. The van der Waals surface area contributed by atoms with E-state index in [1.807, 2.05) is 56.3 Å². The summed E-state index contributed by atoms with van der Waals surface area (Å²) in [6.07, 6.45) is 0. The fourth-order valence-electron chi connectivity index (χ4n) is 3.65. The van der Waals surface area contributed by atoms with Crippen LogP contribution < -0.4 is 4.90 Å². The van der Waals surface area contributed by atoms with Gasteiger partial charge in [-0.05, 0) is 31.0 Å². The van der Waals surface area contributed by atoms with Crippen LogP contribution in [0.3, 0.4) is 0 Å². The van der Waals surface area contributed by atoms with Crippen molar-refractivity contribution in [1.29, 1.82) is 0 Å². The maximum absolute atomic E-state index is 13.3. The molecule has 1 heterocycles. The number of amides is 1. The van der Waals surface area contributed by atoms with Crippen LogP contribution in [0, 0.1) is 0 Å². The Balaban J connectivity index is 1.95. The third-order valence-electron chi connectivity index (χ3n) is 5.50. The van der Waals surface area contributed by atoms with Crippen molar-refractivity contribution in [1.82, 2.24) is 4.90 Å². The summed E-state index contributed by atoms with van der Waals surface area (Å²) in [4.78, 5) is 17.3. The molecule has 130 valence electrons. The zero-order valence-corrected chi connectivity index (χ0v) is 15.7. The number of hydrogen-bond donors (Lipinski definition) is 0. The van der Waals surface area contributed by atoms with Gasteiger partial charge in [-0.2, -0.15) is 0 Å². The lowest BCUT2D eigenvalue weighted by Gasteiger charge is -2.37. The van der Waals surface area contributed by atoms with Crippen molar-refractivity contribution in [3.05, 3.63) is 77.0 Å². The molecule has 0 fully saturated rings. The number of para-hydroxylation sites is 1. The van der Waals surface area contributed by atoms with E-state index in [1.54, 1.807) is 0 Å². The molecule has 25 heavy (non-hydrogen) atoms. The summed E-state index contributed by atoms with van der Waals surface area (Å²) in [6.45, 7) is 6.25. The first-order chi connectivity index (χ1) is 11.9. The lowest BCUT2D eigenvalue weighted by molar-refractivity contribution is -0.128. The van der Waals surface area contributed by atoms with Gasteiger partial charge in [0.05, 0.1) is 6.04 Å². The van der Waals surface area contributed by atoms with Gasteiger partial charge in [-0.1, -0.05) is 55.5 Å². The molecular formula is C22H26N2O. The van der Waals surface area contributed by atoms with Gasteiger partial charge in [-0.3, -0.25) is 4.79 Å². The Morgan fingerprint density at radius 1 is 1.08 bits per heavy atom. The van der Waals surface area contributed by atoms with E-state index in [0.29, 0.717) is 0 Å². The van der Waals surface area contributed by atoms with Gasteiger partial charge in [0.2, 0.25) is 0 Å². The van der Waals surface area contributed by atoms with Gasteiger partial charge in [-0.25, -0.2) is 0 Å². The van der Waals surface area contributed by atoms with E-state index in [2.05, 4.69) is 43.0 Å². The van der Waals surface area contributed by atoms with Crippen molar-refractivity contribution in [3.8, 4) is 0 Å². The van der Waals surface area contributed by atoms with Gasteiger partial charge in [0, 0.05) is 37.0 Å². The number of hydrogen-bond acceptors (Lipinski definition) is 2. The highest BCUT2D eigenvalue weighted by Crippen LogP contribution is 2.41. The standard InChI is InChI=1S/C22H26N2O/c1-15-19-13-9-10-14-20(19)23(4)17(3)21(15)22(25)24(5)16(2)18-11-7-6-8-12-18/h6-16H,1-5H3. The van der Waals surface area contributed by atoms with Crippen molar-refractivity contribution in [2.45, 2.75) is 32.7 Å². The molecule has 0 aromatic heterocycles. The molecule has 2 atom stereocenters. The molecule has 2 aromatic rings. The number of benzene rings is 2. The summed E-state index contributed by atoms with van der Waals surface area (Å²) >= 11 is 0. The minimum Gasteiger partial charge on any atom is -0.348 e. The third kappa shape index (κ3) is 2.95. The van der Waals surface area contributed by atoms with Crippen LogP contribution in [0.15, 0.2) is 65.9 Å². The molecular weight excluding hydrogens is 308 g/mol. The molecule has 1 amide bonds. The first-order valence-corrected chi connectivity index (χ1v) is 8.79. The number of likely N-dealkylation sites (N-methyl/N-ethyl adjacent to an activating group) is 1. The topological polar surface area (TPSA) is 23.6 Å². The van der Waals surface area contributed by atoms with Crippen molar-refractivity contribution < 1.29 is 4.79 Å². The first-order valence-electron chi connectivity index (χ1n) is 8.79. The van der Waals surface area contributed by atoms with Gasteiger partial charge < -0.3 is 9.80 Å². The zero-order chi connectivity index (χ0) is 18.1. The van der Waals surface area contributed by atoms with Crippen LogP contribution in [0.2, 0.25) is 0 Å². The summed E-state index contributed by atoms with van der Waals surface area (Å²) in [7, 11) is 3.93. The highest BCUT2D eigenvalue weighted by molar-refractivity contribution is 5.97. The maximum atomic E-state index is 13.3. The minimum absolute atomic E-state index is 0.0312. The molecule has 0 N–H and O–H groups in total. The van der Waals surface area contributed by atoms with Gasteiger partial charge >= 0.3 is 0 Å². The van der Waals surface area contributed by atoms with Crippen LogP contribution in [0.25, 0.3) is 0 Å². The number of rotatable bonds is 3. The van der Waals surface area contributed by atoms with Crippen LogP contribution in [0.1, 0.15) is 43.9 Å². The maximum Gasteiger partial charge on any atom is 0.252 e. The summed E-state index contributed by atoms with van der Waals surface area (Å²) < 4.78 is 0. The summed E-state index contributed by atoms with van der Waals surface area (Å²) in [5, 5.41) is 0. The quantitative estimate of drug-likeness (QED) is 0.810. The molecule has 1 aliphatic heterocycles. The van der Waals surface area contributed by atoms with Gasteiger partial charge in [0.15, 0.2) is 0 Å². The second kappa shape index (κ2) is 6.75. The average molecular weight is 334 g/mol. The van der Waals surface area contributed by atoms with Crippen LogP contribution in [-0.4, -0.2) is 24.9 Å². The average Bonchev–Trinajstić information content (AvgIpc) is 2.65. The van der Waals surface area contributed by atoms with E-state index >= 15 is 0 Å². The summed E-state index contributed by atoms with van der Waals surface area (Å²) in [5.74, 6) is 0.188. The molecule has 0 bridgehead atoms. The SMILES string of the molecule is CC1=C(C(=O)N(C)C(C)c2ccccc2)C(C)c2ccccc2N1C. The van der Waals surface area contributed by atoms with E-state index in [4.69, 9.17) is 0 Å². The Kier molecular flexibility index (Phi) is 4.67. The third-order valence-corrected chi connectivity index (χ3v) is 5.50. The van der Waals surface area contributed by atoms with Crippen molar-refractivity contribution >= 4 is 11.6 Å². The molecule has 2 unspecified atom stereocenters. The first kappa shape index (κ1) is 17.3. The molecule has 1 aliphatic rings. The Morgan fingerprint density at radius 2 is 1.68 bits per heavy atom. The monoisotopic (exact) mass is 334 g/mol. The predicted molar refractivity (Wildman–Crippen MR) is 104 cm³/mol. The fraction of sp³-hybridized carbons (Fsp3) is 0.318. The number of carbonyl (C=O) groups is 1. The van der Waals surface area contributed by atoms with E-state index in [9.17, 15) is 4.79 Å². The highest BCUT2D eigenvalue weighted by atomic mass is 16.2. The zero-order valence-electron chi connectivity index (χ0n) is 15.7. The van der Waals surface area contributed by atoms with Gasteiger partial charge in [0.25, 0.3) is 5.91 Å². The molecule has 0 saturated heterocycles. The molecule has 0 saturated carbocycles. The van der Waals surface area contributed by atoms with E-state index < -0.39 is 0 Å². The molecule has 0 spiro atoms. The molecule has 0 radical (unpaired) electrons. The highest BCUT2D eigenvalue weighted by Gasteiger charge is 2.33. The molecule has 3 heteroatoms. The van der Waals surface area contributed by atoms with E-state index in [1.165, 1.54) is 11.3 Å². The number of allylic oxidation sites excluding steroid dienone is 1. The smallest absolute Gasteiger partial charge is 0.252 e. The molecule has 3 rings (SSSR count). The van der Waals surface area contributed by atoms with E-state index in [0.717, 1.165) is 16.8 Å². The van der Waals surface area contributed by atoms with Gasteiger partial charge in [-0.15, -0.1) is 0 Å². The number of fused-ring (bicyclic) bond motifs is 1. The fourth-order valence-corrected chi connectivity index (χ4v) is 3.65. The van der Waals surface area contributed by atoms with Gasteiger partial charge in [0.1, 0.15) is 0 Å². The van der Waals surface area contributed by atoms with Crippen molar-refractivity contribution in [2.75, 3.05) is 19.0 Å². The Labute approximate surface area is 150 Å². The predicted octanol–water partition coefficient (Wildman–Crippen LogP) is 4.73. The van der Waals surface area contributed by atoms with Crippen LogP contribution in [0.5, 0.6) is 0 Å². The Bertz CT molecular complexity index is 810. The lowest BCUT2D eigenvalue weighted by Crippen LogP contribution is -2.36. The van der Waals surface area contributed by atoms with Crippen molar-refractivity contribution in [2.24, 2.45) is 0 Å². The van der Waals surface area contributed by atoms with Crippen LogP contribution in [0.4, 0.5) is 5.69 Å². The summed E-state index contributed by atoms with van der Waals surface area (Å²) in [6, 6.07) is 18.5. The lowest BCUT2D eigenvalue weighted by atomic mass is 9.85. The van der Waals surface area contributed by atoms with E-state index in [-0.39, 0.29) is 17.9 Å². The Morgan fingerprint density at radius 3 is 2.36 bits per heavy atom. The van der Waals surface area contributed by atoms with Crippen molar-refractivity contribution in [3.63, 3.8) is 0 Å². The minimum atomic E-state index is 0.0312. The number of nitrogens with zero attached hydrogens (tertiary/aromatic N) is 2. The molecule has 0 aliphatic carbocycles. The molecule has 3 nitrogen and oxygen atoms in total. The Hall–Kier alpha value is -2.55. The second-order valence-electron chi connectivity index (χ2n) is 6.84. The normalized spacial score (nSPS) is 18.0. The number of anilines is 1. The number of carbonyl (C=O) groups excluding carboxylic acids is 1. The second-order valence-corrected chi connectivity index (χ2v) is 6.84. The van der Waals surface area contributed by atoms with Crippen LogP contribution in [-0.2, 0) is 4.79 Å². The van der Waals surface area contributed by atoms with Crippen LogP contribution >= 0.6 is 0 Å². The summed E-state index contributed by atoms with van der Waals surface area (Å²) in [5.41, 5.74) is 5.45.